The van der Waals surface area contributed by atoms with Gasteiger partial charge in [0, 0.05) is 5.88 Å². The minimum absolute atomic E-state index is 0.231. The summed E-state index contributed by atoms with van der Waals surface area (Å²) in [6, 6.07) is 0. The van der Waals surface area contributed by atoms with Crippen LogP contribution in [-0.4, -0.2) is 23.7 Å². The number of halogens is 1. The minimum Gasteiger partial charge on any atom is -0.450 e. The molecule has 0 bridgehead atoms. The second-order valence-corrected chi connectivity index (χ2v) is 1.50. The van der Waals surface area contributed by atoms with Crippen LogP contribution in [0.2, 0.25) is 0 Å². The molecule has 9 heavy (non-hydrogen) atoms. The first-order chi connectivity index (χ1) is 4.18. The van der Waals surface area contributed by atoms with Gasteiger partial charge in [0.15, 0.2) is 0 Å². The first kappa shape index (κ1) is 11.4. The third-order valence-electron chi connectivity index (χ3n) is 0.268. The van der Waals surface area contributed by atoms with Gasteiger partial charge in [0.25, 0.3) is 0 Å². The van der Waals surface area contributed by atoms with Gasteiger partial charge in [-0.1, -0.05) is 6.92 Å². The Hall–Kier alpha value is -0.440. The number of rotatable bonds is 1. The molecular formula is C5H11ClO3. The Bertz CT molecular complexity index is 65.2. The number of hydrogen-bond donors (Lipinski definition) is 1. The van der Waals surface area contributed by atoms with E-state index in [1.54, 1.807) is 6.92 Å². The van der Waals surface area contributed by atoms with Gasteiger partial charge in [-0.2, -0.15) is 0 Å². The molecule has 0 rings (SSSR count). The number of alkyl halides is 1. The van der Waals surface area contributed by atoms with Crippen LogP contribution >= 0.6 is 11.6 Å². The lowest BCUT2D eigenvalue weighted by atomic mass is 10.9. The SMILES string of the molecule is CCCl.CCOC(=O)O. The Morgan fingerprint density at radius 3 is 2.00 bits per heavy atom. The smallest absolute Gasteiger partial charge is 0.450 e. The third-order valence-corrected chi connectivity index (χ3v) is 0.268. The first-order valence-corrected chi connectivity index (χ1v) is 3.14. The summed E-state index contributed by atoms with van der Waals surface area (Å²) < 4.78 is 3.96. The largest absolute Gasteiger partial charge is 0.505 e. The number of carboxylic acid groups (broad SMARTS) is 1. The first-order valence-electron chi connectivity index (χ1n) is 2.60. The molecule has 1 N–H and O–H groups in total. The summed E-state index contributed by atoms with van der Waals surface area (Å²) >= 11 is 5.00. The van der Waals surface area contributed by atoms with Gasteiger partial charge in [-0.3, -0.25) is 0 Å². The molecule has 0 saturated heterocycles. The van der Waals surface area contributed by atoms with Gasteiger partial charge in [0.05, 0.1) is 6.61 Å². The minimum atomic E-state index is -1.21. The molecule has 0 aliphatic heterocycles. The Labute approximate surface area is 59.6 Å². The van der Waals surface area contributed by atoms with Crippen molar-refractivity contribution < 1.29 is 14.6 Å². The molecule has 56 valence electrons. The topological polar surface area (TPSA) is 46.5 Å². The summed E-state index contributed by atoms with van der Waals surface area (Å²) in [5.74, 6) is 0.722. The summed E-state index contributed by atoms with van der Waals surface area (Å²) in [5.41, 5.74) is 0. The molecule has 0 unspecified atom stereocenters. The fraction of sp³-hybridized carbons (Fsp3) is 0.800. The molecule has 0 aliphatic rings. The van der Waals surface area contributed by atoms with Crippen molar-refractivity contribution in [1.29, 1.82) is 0 Å². The van der Waals surface area contributed by atoms with Crippen LogP contribution in [0.3, 0.4) is 0 Å². The maximum absolute atomic E-state index is 9.38. The average molecular weight is 155 g/mol. The zero-order chi connectivity index (χ0) is 7.70. The molecule has 0 fully saturated rings. The van der Waals surface area contributed by atoms with Crippen molar-refractivity contribution >= 4 is 17.8 Å². The van der Waals surface area contributed by atoms with Crippen molar-refractivity contribution in [2.75, 3.05) is 12.5 Å². The predicted molar refractivity (Wildman–Crippen MR) is 36.0 cm³/mol. The molecule has 4 heteroatoms. The maximum Gasteiger partial charge on any atom is 0.505 e. The summed E-state index contributed by atoms with van der Waals surface area (Å²) in [7, 11) is 0. The van der Waals surface area contributed by atoms with E-state index in [4.69, 9.17) is 16.7 Å². The van der Waals surface area contributed by atoms with Gasteiger partial charge in [0.2, 0.25) is 0 Å². The van der Waals surface area contributed by atoms with Gasteiger partial charge < -0.3 is 9.84 Å². The van der Waals surface area contributed by atoms with Gasteiger partial charge in [0.1, 0.15) is 0 Å². The molecule has 0 radical (unpaired) electrons. The highest BCUT2D eigenvalue weighted by atomic mass is 35.5. The highest BCUT2D eigenvalue weighted by Crippen LogP contribution is 1.69. The summed E-state index contributed by atoms with van der Waals surface area (Å²) in [6.07, 6.45) is -1.21. The van der Waals surface area contributed by atoms with Crippen LogP contribution in [0.25, 0.3) is 0 Å². The molecule has 0 saturated carbocycles. The van der Waals surface area contributed by atoms with E-state index >= 15 is 0 Å². The van der Waals surface area contributed by atoms with E-state index in [0.29, 0.717) is 0 Å². The van der Waals surface area contributed by atoms with E-state index in [1.807, 2.05) is 6.92 Å². The van der Waals surface area contributed by atoms with Crippen LogP contribution in [0.4, 0.5) is 4.79 Å². The molecule has 0 aromatic heterocycles. The van der Waals surface area contributed by atoms with Gasteiger partial charge >= 0.3 is 6.16 Å². The van der Waals surface area contributed by atoms with Gasteiger partial charge in [-0.25, -0.2) is 4.79 Å². The zero-order valence-electron chi connectivity index (χ0n) is 5.56. The second kappa shape index (κ2) is 10.5. The van der Waals surface area contributed by atoms with Gasteiger partial charge in [-0.05, 0) is 6.92 Å². The molecule has 0 aromatic carbocycles. The highest BCUT2D eigenvalue weighted by molar-refractivity contribution is 6.17. The quantitative estimate of drug-likeness (QED) is 0.464. The van der Waals surface area contributed by atoms with E-state index in [-0.39, 0.29) is 6.61 Å². The lowest BCUT2D eigenvalue weighted by Gasteiger charge is -1.87. The van der Waals surface area contributed by atoms with Crippen molar-refractivity contribution in [1.82, 2.24) is 0 Å². The summed E-state index contributed by atoms with van der Waals surface area (Å²) in [5, 5.41) is 7.69. The average Bonchev–Trinajstić information content (AvgIpc) is 1.67. The lowest BCUT2D eigenvalue weighted by molar-refractivity contribution is 0.0966. The normalized spacial score (nSPS) is 7.00. The van der Waals surface area contributed by atoms with Crippen molar-refractivity contribution in [3.63, 3.8) is 0 Å². The zero-order valence-corrected chi connectivity index (χ0v) is 6.31. The lowest BCUT2D eigenvalue weighted by Crippen LogP contribution is -1.97. The van der Waals surface area contributed by atoms with Crippen molar-refractivity contribution in [2.45, 2.75) is 13.8 Å². The predicted octanol–water partition coefficient (Wildman–Crippen LogP) is 1.95. The molecule has 0 aliphatic carbocycles. The highest BCUT2D eigenvalue weighted by Gasteiger charge is 1.86. The monoisotopic (exact) mass is 154 g/mol. The standard InChI is InChI=1S/C3H6O3.C2H5Cl/c1-2-6-3(4)5;1-2-3/h2H2,1H3,(H,4,5);2H2,1H3. The fourth-order valence-electron chi connectivity index (χ4n) is 0.123. The molecule has 0 heterocycles. The Balaban J connectivity index is 0. The third kappa shape index (κ3) is 35.7. The van der Waals surface area contributed by atoms with E-state index in [9.17, 15) is 4.79 Å². The van der Waals surface area contributed by atoms with Crippen LogP contribution in [0, 0.1) is 0 Å². The second-order valence-electron chi connectivity index (χ2n) is 0.966. The van der Waals surface area contributed by atoms with Crippen molar-refractivity contribution in [2.24, 2.45) is 0 Å². The van der Waals surface area contributed by atoms with Crippen LogP contribution in [0.5, 0.6) is 0 Å². The van der Waals surface area contributed by atoms with E-state index in [0.717, 1.165) is 5.88 Å². The van der Waals surface area contributed by atoms with Gasteiger partial charge in [-0.15, -0.1) is 11.6 Å². The number of ether oxygens (including phenoxy) is 1. The van der Waals surface area contributed by atoms with E-state index < -0.39 is 6.16 Å². The number of hydrogen-bond acceptors (Lipinski definition) is 2. The summed E-state index contributed by atoms with van der Waals surface area (Å²) in [4.78, 5) is 9.38. The number of carbonyl (C=O) groups is 1. The van der Waals surface area contributed by atoms with Crippen LogP contribution < -0.4 is 0 Å². The summed E-state index contributed by atoms with van der Waals surface area (Å²) in [6.45, 7) is 3.74. The fourth-order valence-corrected chi connectivity index (χ4v) is 0.123. The van der Waals surface area contributed by atoms with Crippen molar-refractivity contribution in [3.05, 3.63) is 0 Å². The Morgan fingerprint density at radius 2 is 2.00 bits per heavy atom. The molecule has 0 spiro atoms. The molecule has 0 atom stereocenters. The molecule has 0 aromatic rings. The van der Waals surface area contributed by atoms with Crippen LogP contribution in [0.15, 0.2) is 0 Å². The molecular weight excluding hydrogens is 144 g/mol. The maximum atomic E-state index is 9.38. The van der Waals surface area contributed by atoms with Crippen LogP contribution in [-0.2, 0) is 4.74 Å². The van der Waals surface area contributed by atoms with Crippen LogP contribution in [0.1, 0.15) is 13.8 Å². The Kier molecular flexibility index (Phi) is 13.3. The van der Waals surface area contributed by atoms with E-state index in [1.165, 1.54) is 0 Å². The van der Waals surface area contributed by atoms with E-state index in [2.05, 4.69) is 4.74 Å². The molecule has 0 amide bonds. The molecule has 3 nitrogen and oxygen atoms in total. The van der Waals surface area contributed by atoms with Crippen molar-refractivity contribution in [3.8, 4) is 0 Å². The Morgan fingerprint density at radius 1 is 1.67 bits per heavy atom.